The molecule has 4 nitrogen and oxygen atoms in total. The van der Waals surface area contributed by atoms with E-state index in [1.807, 2.05) is 0 Å². The molecule has 30 heavy (non-hydrogen) atoms. The predicted octanol–water partition coefficient (Wildman–Crippen LogP) is 6.52. The summed E-state index contributed by atoms with van der Waals surface area (Å²) in [5.74, 6) is -0.889. The van der Waals surface area contributed by atoms with E-state index in [4.69, 9.17) is 9.47 Å². The summed E-state index contributed by atoms with van der Waals surface area (Å²) in [7, 11) is 0. The molecule has 2 aromatic carbocycles. The maximum Gasteiger partial charge on any atom is 0.416 e. The van der Waals surface area contributed by atoms with Gasteiger partial charge in [0.25, 0.3) is 0 Å². The Morgan fingerprint density at radius 2 is 1.17 bits per heavy atom. The summed E-state index contributed by atoms with van der Waals surface area (Å²) in [6.45, 7) is 0. The number of carbonyl (C=O) groups is 1. The van der Waals surface area contributed by atoms with E-state index in [9.17, 15) is 31.1 Å². The number of halogens is 6. The van der Waals surface area contributed by atoms with Crippen molar-refractivity contribution >= 4 is 6.29 Å². The molecule has 0 aliphatic rings. The fourth-order valence-corrected chi connectivity index (χ4v) is 2.44. The summed E-state index contributed by atoms with van der Waals surface area (Å²) in [4.78, 5) is 15.3. The topological polar surface area (TPSA) is 48.4 Å². The molecule has 0 aliphatic carbocycles. The molecular weight excluding hydrogens is 416 g/mol. The van der Waals surface area contributed by atoms with Crippen LogP contribution in [0.5, 0.6) is 23.0 Å². The lowest BCUT2D eigenvalue weighted by Crippen LogP contribution is -2.05. The monoisotopic (exact) mass is 427 g/mol. The van der Waals surface area contributed by atoms with E-state index in [1.165, 1.54) is 12.1 Å². The molecule has 0 saturated heterocycles. The molecule has 3 rings (SSSR count). The molecule has 0 saturated carbocycles. The Morgan fingerprint density at radius 3 is 1.53 bits per heavy atom. The zero-order valence-electron chi connectivity index (χ0n) is 14.8. The Morgan fingerprint density at radius 1 is 0.733 bits per heavy atom. The molecule has 0 bridgehead atoms. The van der Waals surface area contributed by atoms with E-state index in [2.05, 4.69) is 4.98 Å². The van der Waals surface area contributed by atoms with Crippen LogP contribution in [0.4, 0.5) is 26.3 Å². The highest BCUT2D eigenvalue weighted by Crippen LogP contribution is 2.37. The van der Waals surface area contributed by atoms with Gasteiger partial charge in [0.2, 0.25) is 0 Å². The molecule has 0 radical (unpaired) electrons. The number of benzene rings is 2. The standard InChI is InChI=1S/C20H11F6NO3/c21-19(22,23)12-3-1-5-14(7-12)29-17-9-27-10-18(16(17)11-28)30-15-6-2-4-13(8-15)20(24,25)26/h1-11H. The molecule has 0 N–H and O–H groups in total. The van der Waals surface area contributed by atoms with Crippen molar-refractivity contribution in [2.75, 3.05) is 0 Å². The van der Waals surface area contributed by atoms with E-state index in [0.717, 1.165) is 48.8 Å². The van der Waals surface area contributed by atoms with Crippen LogP contribution in [0.2, 0.25) is 0 Å². The minimum atomic E-state index is -4.60. The highest BCUT2D eigenvalue weighted by Gasteiger charge is 2.31. The van der Waals surface area contributed by atoms with Gasteiger partial charge in [0.1, 0.15) is 17.1 Å². The van der Waals surface area contributed by atoms with Crippen LogP contribution in [0, 0.1) is 0 Å². The molecule has 0 aliphatic heterocycles. The van der Waals surface area contributed by atoms with Gasteiger partial charge in [-0.05, 0) is 36.4 Å². The van der Waals surface area contributed by atoms with E-state index < -0.39 is 23.5 Å². The Bertz CT molecular complexity index is 985. The van der Waals surface area contributed by atoms with Crippen LogP contribution in [0.3, 0.4) is 0 Å². The first kappa shape index (κ1) is 21.2. The van der Waals surface area contributed by atoms with Gasteiger partial charge in [0.15, 0.2) is 17.8 Å². The van der Waals surface area contributed by atoms with Crippen molar-refractivity contribution in [1.82, 2.24) is 4.98 Å². The van der Waals surface area contributed by atoms with Crippen LogP contribution in [-0.2, 0) is 12.4 Å². The highest BCUT2D eigenvalue weighted by atomic mass is 19.4. The zero-order valence-corrected chi connectivity index (χ0v) is 14.8. The first-order valence-electron chi connectivity index (χ1n) is 8.21. The Kier molecular flexibility index (Phi) is 5.68. The van der Waals surface area contributed by atoms with Gasteiger partial charge in [0.05, 0.1) is 23.5 Å². The van der Waals surface area contributed by atoms with Crippen molar-refractivity contribution in [3.8, 4) is 23.0 Å². The first-order chi connectivity index (χ1) is 14.1. The van der Waals surface area contributed by atoms with Crippen LogP contribution < -0.4 is 9.47 Å². The average Bonchev–Trinajstić information content (AvgIpc) is 2.67. The molecule has 0 amide bonds. The van der Waals surface area contributed by atoms with Crippen LogP contribution in [0.15, 0.2) is 60.9 Å². The minimum Gasteiger partial charge on any atom is -0.455 e. The van der Waals surface area contributed by atoms with E-state index in [1.54, 1.807) is 0 Å². The summed E-state index contributed by atoms with van der Waals surface area (Å²) in [5, 5.41) is 0. The third-order valence-corrected chi connectivity index (χ3v) is 3.81. The van der Waals surface area contributed by atoms with Crippen LogP contribution in [0.25, 0.3) is 0 Å². The number of alkyl halides is 6. The molecular formula is C20H11F6NO3. The van der Waals surface area contributed by atoms with Crippen molar-refractivity contribution in [1.29, 1.82) is 0 Å². The van der Waals surface area contributed by atoms with Crippen molar-refractivity contribution in [2.24, 2.45) is 0 Å². The largest absolute Gasteiger partial charge is 0.455 e. The van der Waals surface area contributed by atoms with Gasteiger partial charge in [-0.25, -0.2) is 0 Å². The van der Waals surface area contributed by atoms with Crippen LogP contribution in [0.1, 0.15) is 21.5 Å². The second-order valence-corrected chi connectivity index (χ2v) is 5.92. The van der Waals surface area contributed by atoms with Crippen molar-refractivity contribution in [3.05, 3.63) is 77.6 Å². The predicted molar refractivity (Wildman–Crippen MR) is 92.7 cm³/mol. The van der Waals surface area contributed by atoms with E-state index in [0.29, 0.717) is 6.29 Å². The fraction of sp³-hybridized carbons (Fsp3) is 0.100. The molecule has 0 atom stereocenters. The first-order valence-corrected chi connectivity index (χ1v) is 8.21. The lowest BCUT2D eigenvalue weighted by Gasteiger charge is -2.14. The normalized spacial score (nSPS) is 11.8. The number of rotatable bonds is 5. The van der Waals surface area contributed by atoms with Gasteiger partial charge < -0.3 is 9.47 Å². The number of hydrogen-bond acceptors (Lipinski definition) is 4. The second kappa shape index (κ2) is 8.05. The third kappa shape index (κ3) is 4.88. The molecule has 156 valence electrons. The zero-order chi connectivity index (χ0) is 21.9. The maximum absolute atomic E-state index is 12.9. The number of carbonyl (C=O) groups excluding carboxylic acids is 1. The van der Waals surface area contributed by atoms with Gasteiger partial charge >= 0.3 is 12.4 Å². The molecule has 0 spiro atoms. The van der Waals surface area contributed by atoms with Gasteiger partial charge in [0, 0.05) is 0 Å². The smallest absolute Gasteiger partial charge is 0.416 e. The van der Waals surface area contributed by atoms with Gasteiger partial charge in [-0.2, -0.15) is 26.3 Å². The van der Waals surface area contributed by atoms with Gasteiger partial charge in [-0.1, -0.05) is 12.1 Å². The summed E-state index contributed by atoms with van der Waals surface area (Å²) in [5.41, 5.74) is -2.16. The summed E-state index contributed by atoms with van der Waals surface area (Å²) >= 11 is 0. The van der Waals surface area contributed by atoms with Gasteiger partial charge in [-0.15, -0.1) is 0 Å². The highest BCUT2D eigenvalue weighted by molar-refractivity contribution is 5.83. The Labute approximate surface area is 165 Å². The molecule has 0 fully saturated rings. The fourth-order valence-electron chi connectivity index (χ4n) is 2.44. The molecule has 10 heteroatoms. The van der Waals surface area contributed by atoms with Crippen LogP contribution in [-0.4, -0.2) is 11.3 Å². The van der Waals surface area contributed by atoms with Crippen molar-refractivity contribution in [2.45, 2.75) is 12.4 Å². The number of nitrogens with zero attached hydrogens (tertiary/aromatic N) is 1. The van der Waals surface area contributed by atoms with Crippen molar-refractivity contribution < 1.29 is 40.6 Å². The second-order valence-electron chi connectivity index (χ2n) is 5.92. The molecule has 1 aromatic heterocycles. The number of pyridine rings is 1. The molecule has 0 unspecified atom stereocenters. The molecule has 3 aromatic rings. The van der Waals surface area contributed by atoms with E-state index >= 15 is 0 Å². The molecule has 1 heterocycles. The Balaban J connectivity index is 1.92. The van der Waals surface area contributed by atoms with Crippen molar-refractivity contribution in [3.63, 3.8) is 0 Å². The number of aromatic nitrogens is 1. The lowest BCUT2D eigenvalue weighted by atomic mass is 10.2. The maximum atomic E-state index is 12.9. The number of hydrogen-bond donors (Lipinski definition) is 0. The summed E-state index contributed by atoms with van der Waals surface area (Å²) in [6, 6.07) is 7.88. The third-order valence-electron chi connectivity index (χ3n) is 3.81. The number of aldehydes is 1. The average molecular weight is 427 g/mol. The number of ether oxygens (including phenoxy) is 2. The lowest BCUT2D eigenvalue weighted by molar-refractivity contribution is -0.138. The van der Waals surface area contributed by atoms with Gasteiger partial charge in [-0.3, -0.25) is 9.78 Å². The van der Waals surface area contributed by atoms with E-state index in [-0.39, 0.29) is 28.6 Å². The summed E-state index contributed by atoms with van der Waals surface area (Å²) in [6.07, 6.45) is -6.75. The minimum absolute atomic E-state index is 0.217. The van der Waals surface area contributed by atoms with Crippen LogP contribution >= 0.6 is 0 Å². The SMILES string of the molecule is O=Cc1c(Oc2cccc(C(F)(F)F)c2)cncc1Oc1cccc(C(F)(F)F)c1. The Hall–Kier alpha value is -3.56. The quantitative estimate of drug-likeness (QED) is 0.344. The summed E-state index contributed by atoms with van der Waals surface area (Å²) < 4.78 is 87.8.